The maximum absolute atomic E-state index is 13.4. The zero-order valence-electron chi connectivity index (χ0n) is 15.1. The molecule has 7 nitrogen and oxygen atoms in total. The summed E-state index contributed by atoms with van der Waals surface area (Å²) in [6.07, 6.45) is 0. The Hall–Kier alpha value is -3.33. The van der Waals surface area contributed by atoms with E-state index in [-0.39, 0.29) is 10.5 Å². The Labute approximate surface area is 160 Å². The molecule has 2 aromatic carbocycles. The molecule has 9 heteroatoms. The fraction of sp³-hybridized carbons (Fsp3) is 0.105. The molecule has 0 unspecified atom stereocenters. The molecule has 0 amide bonds. The molecular weight excluding hydrogens is 381 g/mol. The van der Waals surface area contributed by atoms with Crippen molar-refractivity contribution in [3.8, 4) is 11.3 Å². The molecule has 4 aromatic rings. The van der Waals surface area contributed by atoms with Crippen molar-refractivity contribution in [3.63, 3.8) is 0 Å². The van der Waals surface area contributed by atoms with Gasteiger partial charge in [0.2, 0.25) is 0 Å². The first-order valence-electron chi connectivity index (χ1n) is 8.42. The molecule has 0 aliphatic carbocycles. The summed E-state index contributed by atoms with van der Waals surface area (Å²) in [6, 6.07) is 14.1. The van der Waals surface area contributed by atoms with E-state index in [1.165, 1.54) is 19.1 Å². The lowest BCUT2D eigenvalue weighted by molar-refractivity contribution is 0.598. The zero-order chi connectivity index (χ0) is 19.9. The lowest BCUT2D eigenvalue weighted by atomic mass is 10.1. The maximum atomic E-state index is 13.4. The van der Waals surface area contributed by atoms with E-state index in [0.717, 1.165) is 11.6 Å². The van der Waals surface area contributed by atoms with Gasteiger partial charge >= 0.3 is 0 Å². The van der Waals surface area contributed by atoms with Crippen LogP contribution in [0.2, 0.25) is 0 Å². The van der Waals surface area contributed by atoms with Crippen LogP contribution in [0.5, 0.6) is 0 Å². The summed E-state index contributed by atoms with van der Waals surface area (Å²) >= 11 is 0. The van der Waals surface area contributed by atoms with E-state index < -0.39 is 15.8 Å². The van der Waals surface area contributed by atoms with Gasteiger partial charge in [-0.3, -0.25) is 4.72 Å². The number of nitrogens with zero attached hydrogens (tertiary/aromatic N) is 4. The van der Waals surface area contributed by atoms with Crippen LogP contribution in [-0.4, -0.2) is 28.2 Å². The van der Waals surface area contributed by atoms with Gasteiger partial charge in [-0.2, -0.15) is 9.61 Å². The first kappa shape index (κ1) is 18.1. The number of anilines is 1. The van der Waals surface area contributed by atoms with Crippen LogP contribution in [0.1, 0.15) is 11.4 Å². The average molecular weight is 397 g/mol. The number of halogens is 1. The van der Waals surface area contributed by atoms with Gasteiger partial charge in [0, 0.05) is 11.3 Å². The molecule has 0 saturated heterocycles. The minimum absolute atomic E-state index is 0.00328. The van der Waals surface area contributed by atoms with Gasteiger partial charge in [-0.1, -0.05) is 12.1 Å². The van der Waals surface area contributed by atoms with Gasteiger partial charge in [0.1, 0.15) is 5.82 Å². The molecule has 142 valence electrons. The largest absolute Gasteiger partial charge is 0.280 e. The molecule has 2 heterocycles. The van der Waals surface area contributed by atoms with Crippen LogP contribution in [-0.2, 0) is 10.0 Å². The average Bonchev–Trinajstić information content (AvgIpc) is 3.04. The Morgan fingerprint density at radius 2 is 1.82 bits per heavy atom. The van der Waals surface area contributed by atoms with Gasteiger partial charge in [-0.25, -0.2) is 12.8 Å². The van der Waals surface area contributed by atoms with Crippen LogP contribution >= 0.6 is 0 Å². The number of nitrogens with one attached hydrogen (secondary N) is 1. The first-order chi connectivity index (χ1) is 13.3. The summed E-state index contributed by atoms with van der Waals surface area (Å²) < 4.78 is 42.8. The van der Waals surface area contributed by atoms with Crippen molar-refractivity contribution in [2.45, 2.75) is 18.7 Å². The Bertz CT molecular complexity index is 1300. The van der Waals surface area contributed by atoms with Gasteiger partial charge in [-0.15, -0.1) is 10.2 Å². The number of benzene rings is 2. The lowest BCUT2D eigenvalue weighted by Gasteiger charge is -2.10. The highest BCUT2D eigenvalue weighted by molar-refractivity contribution is 7.92. The molecule has 0 atom stereocenters. The minimum atomic E-state index is -3.85. The number of rotatable bonds is 4. The van der Waals surface area contributed by atoms with Crippen molar-refractivity contribution in [1.29, 1.82) is 0 Å². The summed E-state index contributed by atoms with van der Waals surface area (Å²) in [5, 5.41) is 12.5. The minimum Gasteiger partial charge on any atom is -0.280 e. The van der Waals surface area contributed by atoms with Crippen molar-refractivity contribution < 1.29 is 12.8 Å². The zero-order valence-corrected chi connectivity index (χ0v) is 15.9. The predicted octanol–water partition coefficient (Wildman–Crippen LogP) is 3.35. The molecule has 0 spiro atoms. The fourth-order valence-corrected chi connectivity index (χ4v) is 3.92. The summed E-state index contributed by atoms with van der Waals surface area (Å²) in [7, 11) is -3.85. The second-order valence-electron chi connectivity index (χ2n) is 6.33. The molecule has 1 N–H and O–H groups in total. The van der Waals surface area contributed by atoms with E-state index in [2.05, 4.69) is 20.0 Å². The number of aryl methyl sites for hydroxylation is 2. The normalized spacial score (nSPS) is 11.7. The Morgan fingerprint density at radius 3 is 2.61 bits per heavy atom. The highest BCUT2D eigenvalue weighted by Gasteiger charge is 2.16. The quantitative estimate of drug-likeness (QED) is 0.570. The highest BCUT2D eigenvalue weighted by atomic mass is 32.2. The topological polar surface area (TPSA) is 89.2 Å². The predicted molar refractivity (Wildman–Crippen MR) is 103 cm³/mol. The Kier molecular flexibility index (Phi) is 4.31. The number of sulfonamides is 1. The molecule has 0 saturated carbocycles. The summed E-state index contributed by atoms with van der Waals surface area (Å²) in [6.45, 7) is 3.32. The van der Waals surface area contributed by atoms with Crippen LogP contribution < -0.4 is 4.72 Å². The van der Waals surface area contributed by atoms with Crippen LogP contribution in [0.4, 0.5) is 10.1 Å². The molecule has 0 radical (unpaired) electrons. The van der Waals surface area contributed by atoms with E-state index in [1.807, 2.05) is 6.07 Å². The van der Waals surface area contributed by atoms with E-state index in [1.54, 1.807) is 41.8 Å². The SMILES string of the molecule is Cc1cc(S(=O)(=O)Nc2cccc(-c3ccc4nnc(C)n4n3)c2)ccc1F. The van der Waals surface area contributed by atoms with Crippen LogP contribution in [0.3, 0.4) is 0 Å². The third kappa shape index (κ3) is 3.31. The molecular formula is C19H16FN5O2S. The molecule has 28 heavy (non-hydrogen) atoms. The number of hydrogen-bond donors (Lipinski definition) is 1. The van der Waals surface area contributed by atoms with Crippen molar-refractivity contribution in [2.24, 2.45) is 0 Å². The smallest absolute Gasteiger partial charge is 0.261 e. The van der Waals surface area contributed by atoms with Crippen molar-refractivity contribution >= 4 is 21.4 Å². The monoisotopic (exact) mass is 397 g/mol. The van der Waals surface area contributed by atoms with Gasteiger partial charge in [0.05, 0.1) is 10.6 Å². The number of fused-ring (bicyclic) bond motifs is 1. The molecule has 2 aromatic heterocycles. The van der Waals surface area contributed by atoms with Gasteiger partial charge in [0.15, 0.2) is 11.5 Å². The standard InChI is InChI=1S/C19H16FN5O2S/c1-12-10-16(6-7-17(12)20)28(26,27)24-15-5-3-4-14(11-15)18-8-9-19-22-21-13(2)25(19)23-18/h3-11,24H,1-2H3. The van der Waals surface area contributed by atoms with Crippen LogP contribution in [0, 0.1) is 19.7 Å². The van der Waals surface area contributed by atoms with Crippen molar-refractivity contribution in [1.82, 2.24) is 19.8 Å². The summed E-state index contributed by atoms with van der Waals surface area (Å²) in [4.78, 5) is -0.00328. The lowest BCUT2D eigenvalue weighted by Crippen LogP contribution is -2.13. The maximum Gasteiger partial charge on any atom is 0.261 e. The first-order valence-corrected chi connectivity index (χ1v) is 9.90. The van der Waals surface area contributed by atoms with E-state index in [0.29, 0.717) is 22.9 Å². The fourth-order valence-electron chi connectivity index (χ4n) is 2.79. The Morgan fingerprint density at radius 1 is 1.00 bits per heavy atom. The van der Waals surface area contributed by atoms with Crippen molar-refractivity contribution in [2.75, 3.05) is 4.72 Å². The van der Waals surface area contributed by atoms with E-state index in [4.69, 9.17) is 0 Å². The molecule has 4 rings (SSSR count). The highest BCUT2D eigenvalue weighted by Crippen LogP contribution is 2.24. The summed E-state index contributed by atoms with van der Waals surface area (Å²) in [5.41, 5.74) is 2.64. The third-order valence-electron chi connectivity index (χ3n) is 4.27. The Balaban J connectivity index is 1.68. The molecule has 0 fully saturated rings. The van der Waals surface area contributed by atoms with Crippen molar-refractivity contribution in [3.05, 3.63) is 71.8 Å². The molecule has 0 aliphatic heterocycles. The van der Waals surface area contributed by atoms with Gasteiger partial charge < -0.3 is 0 Å². The van der Waals surface area contributed by atoms with E-state index in [9.17, 15) is 12.8 Å². The second kappa shape index (κ2) is 6.68. The number of hydrogen-bond acceptors (Lipinski definition) is 5. The summed E-state index contributed by atoms with van der Waals surface area (Å²) in [5.74, 6) is 0.201. The van der Waals surface area contributed by atoms with Gasteiger partial charge in [-0.05, 0) is 61.9 Å². The van der Waals surface area contributed by atoms with Crippen LogP contribution in [0.15, 0.2) is 59.5 Å². The third-order valence-corrected chi connectivity index (χ3v) is 5.65. The van der Waals surface area contributed by atoms with Crippen LogP contribution in [0.25, 0.3) is 16.9 Å². The second-order valence-corrected chi connectivity index (χ2v) is 8.02. The van der Waals surface area contributed by atoms with Gasteiger partial charge in [0.25, 0.3) is 10.0 Å². The van der Waals surface area contributed by atoms with E-state index >= 15 is 0 Å². The molecule has 0 bridgehead atoms. The number of aromatic nitrogens is 4. The molecule has 0 aliphatic rings.